The summed E-state index contributed by atoms with van der Waals surface area (Å²) in [6.07, 6.45) is 0. The highest BCUT2D eigenvalue weighted by atomic mass is 79.9. The van der Waals surface area contributed by atoms with Crippen LogP contribution in [-0.4, -0.2) is 4.98 Å². The van der Waals surface area contributed by atoms with Gasteiger partial charge in [0.1, 0.15) is 5.01 Å². The van der Waals surface area contributed by atoms with Gasteiger partial charge < -0.3 is 0 Å². The molecule has 2 aromatic rings. The Balaban J connectivity index is 2.47. The minimum Gasteiger partial charge on any atom is -0.241 e. The molecule has 1 aromatic heterocycles. The average Bonchev–Trinajstić information content (AvgIpc) is 2.57. The Morgan fingerprint density at radius 2 is 2.07 bits per heavy atom. The summed E-state index contributed by atoms with van der Waals surface area (Å²) in [4.78, 5) is 4.45. The van der Waals surface area contributed by atoms with Gasteiger partial charge in [-0.05, 0) is 25.5 Å². The molecule has 0 aliphatic rings. The van der Waals surface area contributed by atoms with Crippen LogP contribution >= 0.6 is 27.3 Å². The standard InChI is InChI=1S/C11H10BrNS/c1-7-3-4-9(5-10(7)12)11-13-8(2)6-14-11/h3-6H,1-2H3. The number of benzene rings is 1. The van der Waals surface area contributed by atoms with Crippen LogP contribution in [0.15, 0.2) is 28.1 Å². The monoisotopic (exact) mass is 267 g/mol. The Morgan fingerprint density at radius 1 is 1.29 bits per heavy atom. The maximum atomic E-state index is 4.45. The lowest BCUT2D eigenvalue weighted by Crippen LogP contribution is -1.80. The van der Waals surface area contributed by atoms with E-state index in [0.717, 1.165) is 15.2 Å². The molecule has 0 atom stereocenters. The summed E-state index contributed by atoms with van der Waals surface area (Å²) in [6, 6.07) is 6.34. The van der Waals surface area contributed by atoms with Crippen molar-refractivity contribution in [2.24, 2.45) is 0 Å². The van der Waals surface area contributed by atoms with Gasteiger partial charge in [0.05, 0.1) is 0 Å². The maximum absolute atomic E-state index is 4.45. The number of rotatable bonds is 1. The lowest BCUT2D eigenvalue weighted by Gasteiger charge is -2.00. The molecule has 1 heterocycles. The third-order valence-corrected chi connectivity index (χ3v) is 3.90. The van der Waals surface area contributed by atoms with Crippen LogP contribution in [0.1, 0.15) is 11.3 Å². The van der Waals surface area contributed by atoms with Crippen LogP contribution < -0.4 is 0 Å². The number of nitrogens with zero attached hydrogens (tertiary/aromatic N) is 1. The second kappa shape index (κ2) is 3.83. The van der Waals surface area contributed by atoms with Crippen LogP contribution in [0.25, 0.3) is 10.6 Å². The van der Waals surface area contributed by atoms with E-state index in [2.05, 4.69) is 51.4 Å². The van der Waals surface area contributed by atoms with Crippen LogP contribution in [0.3, 0.4) is 0 Å². The molecule has 72 valence electrons. The van der Waals surface area contributed by atoms with E-state index in [-0.39, 0.29) is 0 Å². The predicted octanol–water partition coefficient (Wildman–Crippen LogP) is 4.19. The van der Waals surface area contributed by atoms with Gasteiger partial charge in [-0.2, -0.15) is 0 Å². The van der Waals surface area contributed by atoms with Crippen molar-refractivity contribution in [3.05, 3.63) is 39.3 Å². The molecule has 3 heteroatoms. The van der Waals surface area contributed by atoms with Crippen LogP contribution in [0.2, 0.25) is 0 Å². The topological polar surface area (TPSA) is 12.9 Å². The van der Waals surface area contributed by atoms with Gasteiger partial charge in [-0.3, -0.25) is 0 Å². The van der Waals surface area contributed by atoms with E-state index in [4.69, 9.17) is 0 Å². The van der Waals surface area contributed by atoms with Crippen molar-refractivity contribution in [1.29, 1.82) is 0 Å². The number of hydrogen-bond donors (Lipinski definition) is 0. The predicted molar refractivity (Wildman–Crippen MR) is 64.7 cm³/mol. The van der Waals surface area contributed by atoms with Gasteiger partial charge in [0, 0.05) is 21.1 Å². The van der Waals surface area contributed by atoms with Gasteiger partial charge >= 0.3 is 0 Å². The lowest BCUT2D eigenvalue weighted by molar-refractivity contribution is 1.27. The van der Waals surface area contributed by atoms with Crippen molar-refractivity contribution in [2.75, 3.05) is 0 Å². The summed E-state index contributed by atoms with van der Waals surface area (Å²) in [5, 5.41) is 3.16. The Kier molecular flexibility index (Phi) is 2.70. The molecule has 14 heavy (non-hydrogen) atoms. The highest BCUT2D eigenvalue weighted by Gasteiger charge is 2.03. The molecule has 1 aromatic carbocycles. The van der Waals surface area contributed by atoms with Crippen molar-refractivity contribution in [2.45, 2.75) is 13.8 Å². The molecule has 0 unspecified atom stereocenters. The first-order valence-electron chi connectivity index (χ1n) is 4.35. The van der Waals surface area contributed by atoms with E-state index in [9.17, 15) is 0 Å². The molecular weight excluding hydrogens is 258 g/mol. The molecule has 1 nitrogen and oxygen atoms in total. The number of aromatic nitrogens is 1. The fourth-order valence-corrected chi connectivity index (χ4v) is 2.39. The summed E-state index contributed by atoms with van der Waals surface area (Å²) in [7, 11) is 0. The maximum Gasteiger partial charge on any atom is 0.123 e. The van der Waals surface area contributed by atoms with E-state index < -0.39 is 0 Å². The summed E-state index contributed by atoms with van der Waals surface area (Å²) >= 11 is 5.21. The van der Waals surface area contributed by atoms with E-state index >= 15 is 0 Å². The quantitative estimate of drug-likeness (QED) is 0.755. The van der Waals surface area contributed by atoms with E-state index in [1.54, 1.807) is 11.3 Å². The second-order valence-corrected chi connectivity index (χ2v) is 4.97. The van der Waals surface area contributed by atoms with Crippen LogP contribution in [0.5, 0.6) is 0 Å². The summed E-state index contributed by atoms with van der Waals surface area (Å²) in [5.41, 5.74) is 3.52. The molecule has 0 N–H and O–H groups in total. The Bertz CT molecular complexity index is 462. The van der Waals surface area contributed by atoms with Gasteiger partial charge in [0.15, 0.2) is 0 Å². The van der Waals surface area contributed by atoms with Gasteiger partial charge in [-0.15, -0.1) is 11.3 Å². The fraction of sp³-hybridized carbons (Fsp3) is 0.182. The highest BCUT2D eigenvalue weighted by molar-refractivity contribution is 9.10. The van der Waals surface area contributed by atoms with E-state index in [1.165, 1.54) is 11.1 Å². The van der Waals surface area contributed by atoms with E-state index in [0.29, 0.717) is 0 Å². The van der Waals surface area contributed by atoms with Gasteiger partial charge in [-0.1, -0.05) is 28.1 Å². The van der Waals surface area contributed by atoms with Gasteiger partial charge in [0.2, 0.25) is 0 Å². The van der Waals surface area contributed by atoms with Crippen molar-refractivity contribution in [1.82, 2.24) is 4.98 Å². The highest BCUT2D eigenvalue weighted by Crippen LogP contribution is 2.27. The molecule has 0 saturated carbocycles. The van der Waals surface area contributed by atoms with Crippen molar-refractivity contribution < 1.29 is 0 Å². The fourth-order valence-electron chi connectivity index (χ4n) is 1.21. The molecule has 0 aliphatic heterocycles. The number of thiazole rings is 1. The van der Waals surface area contributed by atoms with E-state index in [1.807, 2.05) is 6.92 Å². The van der Waals surface area contributed by atoms with Crippen LogP contribution in [0.4, 0.5) is 0 Å². The van der Waals surface area contributed by atoms with Gasteiger partial charge in [-0.25, -0.2) is 4.98 Å². The number of hydrogen-bond acceptors (Lipinski definition) is 2. The number of aryl methyl sites for hydroxylation is 2. The Hall–Kier alpha value is -0.670. The Labute approximate surface area is 95.9 Å². The molecule has 2 rings (SSSR count). The van der Waals surface area contributed by atoms with Crippen LogP contribution in [-0.2, 0) is 0 Å². The second-order valence-electron chi connectivity index (χ2n) is 3.26. The first kappa shape index (κ1) is 9.87. The first-order valence-corrected chi connectivity index (χ1v) is 6.03. The molecule has 0 bridgehead atoms. The Morgan fingerprint density at radius 3 is 2.64 bits per heavy atom. The average molecular weight is 268 g/mol. The normalized spacial score (nSPS) is 10.5. The van der Waals surface area contributed by atoms with Crippen LogP contribution in [0, 0.1) is 13.8 Å². The van der Waals surface area contributed by atoms with Gasteiger partial charge in [0.25, 0.3) is 0 Å². The minimum atomic E-state index is 1.08. The number of halogens is 1. The molecular formula is C11H10BrNS. The molecule has 0 amide bonds. The molecule has 0 saturated heterocycles. The first-order chi connectivity index (χ1) is 6.66. The molecule has 0 spiro atoms. The zero-order chi connectivity index (χ0) is 10.1. The minimum absolute atomic E-state index is 1.08. The summed E-state index contributed by atoms with van der Waals surface area (Å²) in [5.74, 6) is 0. The lowest BCUT2D eigenvalue weighted by atomic mass is 10.2. The SMILES string of the molecule is Cc1csc(-c2ccc(C)c(Br)c2)n1. The zero-order valence-electron chi connectivity index (χ0n) is 8.04. The molecule has 0 aliphatic carbocycles. The summed E-state index contributed by atoms with van der Waals surface area (Å²) in [6.45, 7) is 4.10. The molecule has 0 radical (unpaired) electrons. The third-order valence-electron chi connectivity index (χ3n) is 2.04. The molecule has 0 fully saturated rings. The third kappa shape index (κ3) is 1.88. The smallest absolute Gasteiger partial charge is 0.123 e. The largest absolute Gasteiger partial charge is 0.241 e. The van der Waals surface area contributed by atoms with Crippen molar-refractivity contribution >= 4 is 27.3 Å². The zero-order valence-corrected chi connectivity index (χ0v) is 10.4. The van der Waals surface area contributed by atoms with Crippen molar-refractivity contribution in [3.8, 4) is 10.6 Å². The summed E-state index contributed by atoms with van der Waals surface area (Å²) < 4.78 is 1.14. The van der Waals surface area contributed by atoms with Crippen molar-refractivity contribution in [3.63, 3.8) is 0 Å².